The first-order chi connectivity index (χ1) is 13.0. The molecule has 2 aromatic rings. The number of aliphatic hydroxyl groups excluding tert-OH is 1. The first-order valence-corrected chi connectivity index (χ1v) is 8.59. The van der Waals surface area contributed by atoms with Gasteiger partial charge in [0.2, 0.25) is 5.75 Å². The molecule has 1 heterocycles. The number of aliphatic hydroxyl groups is 1. The Labute approximate surface area is 158 Å². The number of aromatic hydroxyl groups is 1. The Morgan fingerprint density at radius 3 is 2.11 bits per heavy atom. The number of β-amino-alcohol motifs (C(OH)–C–C–N with tert-alkyl or cyclic N) is 1. The van der Waals surface area contributed by atoms with E-state index >= 15 is 0 Å². The largest absolute Gasteiger partial charge is 0.504 e. The zero-order valence-electron chi connectivity index (χ0n) is 16.0. The summed E-state index contributed by atoms with van der Waals surface area (Å²) in [5.41, 5.74) is 2.64. The van der Waals surface area contributed by atoms with Crippen molar-refractivity contribution in [2.75, 3.05) is 35.0 Å². The molecule has 27 heavy (non-hydrogen) atoms. The van der Waals surface area contributed by atoms with Crippen LogP contribution in [0, 0.1) is 0 Å². The monoisotopic (exact) mass is 375 g/mol. The fourth-order valence-electron chi connectivity index (χ4n) is 3.49. The van der Waals surface area contributed by atoms with Crippen LogP contribution in [0.5, 0.6) is 28.7 Å². The van der Waals surface area contributed by atoms with Gasteiger partial charge in [-0.1, -0.05) is 0 Å². The molecule has 1 unspecified atom stereocenters. The summed E-state index contributed by atoms with van der Waals surface area (Å²) in [6, 6.07) is 7.16. The number of benzene rings is 2. The molecule has 7 nitrogen and oxygen atoms in total. The van der Waals surface area contributed by atoms with Crippen molar-refractivity contribution in [3.63, 3.8) is 0 Å². The number of ether oxygens (including phenoxy) is 4. The van der Waals surface area contributed by atoms with Gasteiger partial charge in [-0.3, -0.25) is 4.90 Å². The van der Waals surface area contributed by atoms with Crippen molar-refractivity contribution in [2.45, 2.75) is 19.2 Å². The van der Waals surface area contributed by atoms with Crippen LogP contribution >= 0.6 is 0 Å². The molecule has 0 radical (unpaired) electrons. The molecule has 0 amide bonds. The van der Waals surface area contributed by atoms with Crippen LogP contribution in [0.2, 0.25) is 0 Å². The highest BCUT2D eigenvalue weighted by Crippen LogP contribution is 2.40. The molecule has 0 spiro atoms. The minimum atomic E-state index is -0.687. The van der Waals surface area contributed by atoms with Gasteiger partial charge in [0.1, 0.15) is 0 Å². The van der Waals surface area contributed by atoms with E-state index in [2.05, 4.69) is 4.90 Å². The topological polar surface area (TPSA) is 80.6 Å². The molecule has 146 valence electrons. The Morgan fingerprint density at radius 1 is 0.926 bits per heavy atom. The summed E-state index contributed by atoms with van der Waals surface area (Å²) < 4.78 is 21.4. The van der Waals surface area contributed by atoms with Crippen LogP contribution in [0.4, 0.5) is 0 Å². The highest BCUT2D eigenvalue weighted by molar-refractivity contribution is 5.54. The Bertz CT molecular complexity index is 797. The van der Waals surface area contributed by atoms with E-state index in [1.807, 2.05) is 12.1 Å². The Hall–Kier alpha value is -2.64. The number of rotatable bonds is 6. The number of methoxy groups -OCH3 is 4. The second kappa shape index (κ2) is 7.94. The quantitative estimate of drug-likeness (QED) is 0.803. The summed E-state index contributed by atoms with van der Waals surface area (Å²) in [4.78, 5) is 2.12. The van der Waals surface area contributed by atoms with Crippen molar-refractivity contribution in [1.29, 1.82) is 0 Å². The standard InChI is InChI=1S/C20H25NO6/c1-24-17-7-13-10-21(11-16(23)14(13)8-15(17)22)9-12-5-18(25-2)20(27-4)19(6-12)26-3/h5-8,16,22-23H,9-11H2,1-4H3. The summed E-state index contributed by atoms with van der Waals surface area (Å²) in [6.07, 6.45) is -0.687. The molecule has 7 heteroatoms. The third-order valence-corrected chi connectivity index (χ3v) is 4.76. The third-order valence-electron chi connectivity index (χ3n) is 4.76. The second-order valence-corrected chi connectivity index (χ2v) is 6.44. The van der Waals surface area contributed by atoms with Crippen LogP contribution in [-0.4, -0.2) is 50.1 Å². The lowest BCUT2D eigenvalue weighted by Crippen LogP contribution is -2.33. The normalized spacial score (nSPS) is 16.6. The van der Waals surface area contributed by atoms with Gasteiger partial charge in [-0.05, 0) is 41.0 Å². The molecule has 3 rings (SSSR count). The van der Waals surface area contributed by atoms with E-state index in [4.69, 9.17) is 18.9 Å². The number of fused-ring (bicyclic) bond motifs is 1. The first-order valence-electron chi connectivity index (χ1n) is 8.59. The van der Waals surface area contributed by atoms with Gasteiger partial charge in [-0.25, -0.2) is 0 Å². The fourth-order valence-corrected chi connectivity index (χ4v) is 3.49. The minimum Gasteiger partial charge on any atom is -0.504 e. The molecule has 0 aliphatic carbocycles. The molecular formula is C20H25NO6. The van der Waals surface area contributed by atoms with E-state index in [0.29, 0.717) is 42.6 Å². The molecule has 2 aromatic carbocycles. The number of phenols is 1. The summed E-state index contributed by atoms with van der Waals surface area (Å²) in [5, 5.41) is 20.5. The highest BCUT2D eigenvalue weighted by Gasteiger charge is 2.26. The van der Waals surface area contributed by atoms with Crippen LogP contribution < -0.4 is 18.9 Å². The van der Waals surface area contributed by atoms with Crippen LogP contribution in [0.1, 0.15) is 22.8 Å². The van der Waals surface area contributed by atoms with Gasteiger partial charge in [-0.2, -0.15) is 0 Å². The van der Waals surface area contributed by atoms with E-state index in [0.717, 1.165) is 16.7 Å². The van der Waals surface area contributed by atoms with Crippen molar-refractivity contribution in [3.05, 3.63) is 41.0 Å². The maximum absolute atomic E-state index is 10.5. The van der Waals surface area contributed by atoms with Crippen molar-refractivity contribution in [1.82, 2.24) is 4.90 Å². The fraction of sp³-hybridized carbons (Fsp3) is 0.400. The number of hydrogen-bond acceptors (Lipinski definition) is 7. The van der Waals surface area contributed by atoms with Crippen molar-refractivity contribution in [2.24, 2.45) is 0 Å². The number of phenolic OH excluding ortho intramolecular Hbond substituents is 1. The zero-order valence-corrected chi connectivity index (χ0v) is 16.0. The molecule has 0 saturated carbocycles. The average Bonchev–Trinajstić information content (AvgIpc) is 2.67. The average molecular weight is 375 g/mol. The Kier molecular flexibility index (Phi) is 5.62. The molecule has 0 saturated heterocycles. The van der Waals surface area contributed by atoms with E-state index in [9.17, 15) is 10.2 Å². The predicted molar refractivity (Wildman–Crippen MR) is 99.8 cm³/mol. The molecule has 0 bridgehead atoms. The molecule has 1 aliphatic rings. The van der Waals surface area contributed by atoms with Gasteiger partial charge < -0.3 is 29.2 Å². The maximum atomic E-state index is 10.5. The van der Waals surface area contributed by atoms with Gasteiger partial charge in [-0.15, -0.1) is 0 Å². The minimum absolute atomic E-state index is 0.0355. The second-order valence-electron chi connectivity index (χ2n) is 6.44. The van der Waals surface area contributed by atoms with Crippen LogP contribution in [0.15, 0.2) is 24.3 Å². The molecule has 2 N–H and O–H groups in total. The zero-order chi connectivity index (χ0) is 19.6. The molecule has 1 atom stereocenters. The molecule has 0 fully saturated rings. The van der Waals surface area contributed by atoms with Crippen molar-refractivity contribution < 1.29 is 29.2 Å². The van der Waals surface area contributed by atoms with Crippen molar-refractivity contribution >= 4 is 0 Å². The maximum Gasteiger partial charge on any atom is 0.203 e. The van der Waals surface area contributed by atoms with Crippen LogP contribution in [-0.2, 0) is 13.1 Å². The molecule has 0 aromatic heterocycles. The lowest BCUT2D eigenvalue weighted by Gasteiger charge is -2.32. The van der Waals surface area contributed by atoms with E-state index in [1.54, 1.807) is 33.5 Å². The van der Waals surface area contributed by atoms with Gasteiger partial charge >= 0.3 is 0 Å². The Morgan fingerprint density at radius 2 is 1.56 bits per heavy atom. The highest BCUT2D eigenvalue weighted by atomic mass is 16.5. The third kappa shape index (κ3) is 3.74. The van der Waals surface area contributed by atoms with Crippen LogP contribution in [0.25, 0.3) is 0 Å². The van der Waals surface area contributed by atoms with Crippen molar-refractivity contribution in [3.8, 4) is 28.7 Å². The predicted octanol–water partition coefficient (Wildman–Crippen LogP) is 2.48. The van der Waals surface area contributed by atoms with Gasteiger partial charge in [0.25, 0.3) is 0 Å². The number of hydrogen-bond donors (Lipinski definition) is 2. The summed E-state index contributed by atoms with van der Waals surface area (Å²) in [7, 11) is 6.25. The van der Waals surface area contributed by atoms with Gasteiger partial charge in [0, 0.05) is 19.6 Å². The molecule has 1 aliphatic heterocycles. The summed E-state index contributed by atoms with van der Waals surface area (Å²) in [5.74, 6) is 2.17. The van der Waals surface area contributed by atoms with E-state index in [1.165, 1.54) is 7.11 Å². The number of nitrogens with zero attached hydrogens (tertiary/aromatic N) is 1. The lowest BCUT2D eigenvalue weighted by atomic mass is 9.96. The van der Waals surface area contributed by atoms with Crippen LogP contribution in [0.3, 0.4) is 0 Å². The summed E-state index contributed by atoms with van der Waals surface area (Å²) in [6.45, 7) is 1.67. The first kappa shape index (κ1) is 19.1. The van der Waals surface area contributed by atoms with E-state index < -0.39 is 6.10 Å². The smallest absolute Gasteiger partial charge is 0.203 e. The van der Waals surface area contributed by atoms with E-state index in [-0.39, 0.29) is 5.75 Å². The summed E-state index contributed by atoms with van der Waals surface area (Å²) >= 11 is 0. The Balaban J connectivity index is 1.87. The van der Waals surface area contributed by atoms with Gasteiger partial charge in [0.15, 0.2) is 23.0 Å². The SMILES string of the molecule is COc1cc2c(cc1O)C(O)CN(Cc1cc(OC)c(OC)c(OC)c1)C2. The molecular weight excluding hydrogens is 350 g/mol. The van der Waals surface area contributed by atoms with Gasteiger partial charge in [0.05, 0.1) is 34.5 Å². The lowest BCUT2D eigenvalue weighted by molar-refractivity contribution is 0.0876.